The maximum Gasteiger partial charge on any atom is 0.335 e. The number of carbonyl (C=O) groups is 1. The van der Waals surface area contributed by atoms with E-state index in [-0.39, 0.29) is 17.4 Å². The monoisotopic (exact) mass is 274 g/mol. The number of anilines is 1. The molecule has 1 aromatic carbocycles. The SMILES string of the molecule is Cc1ccc(C(C)Nc2cc(C(=O)O)ccn2)cc1F. The van der Waals surface area contributed by atoms with E-state index in [1.54, 1.807) is 13.0 Å². The third kappa shape index (κ3) is 3.12. The average Bonchev–Trinajstić information content (AvgIpc) is 2.42. The number of aromatic carboxylic acids is 1. The number of pyridine rings is 1. The van der Waals surface area contributed by atoms with Crippen molar-refractivity contribution in [3.05, 3.63) is 59.0 Å². The Labute approximate surface area is 116 Å². The number of carboxylic acids is 1. The van der Waals surface area contributed by atoms with Gasteiger partial charge in [0.15, 0.2) is 0 Å². The largest absolute Gasteiger partial charge is 0.478 e. The Balaban J connectivity index is 2.18. The first-order valence-corrected chi connectivity index (χ1v) is 6.19. The van der Waals surface area contributed by atoms with Gasteiger partial charge < -0.3 is 10.4 Å². The number of aromatic nitrogens is 1. The van der Waals surface area contributed by atoms with Crippen LogP contribution in [0.3, 0.4) is 0 Å². The van der Waals surface area contributed by atoms with E-state index in [9.17, 15) is 9.18 Å². The molecule has 0 fully saturated rings. The highest BCUT2D eigenvalue weighted by atomic mass is 19.1. The van der Waals surface area contributed by atoms with Gasteiger partial charge in [-0.15, -0.1) is 0 Å². The highest BCUT2D eigenvalue weighted by Crippen LogP contribution is 2.20. The maximum absolute atomic E-state index is 13.5. The van der Waals surface area contributed by atoms with Crippen LogP contribution in [0.1, 0.15) is 34.5 Å². The zero-order chi connectivity index (χ0) is 14.7. The Hall–Kier alpha value is -2.43. The van der Waals surface area contributed by atoms with E-state index >= 15 is 0 Å². The summed E-state index contributed by atoms with van der Waals surface area (Å²) in [4.78, 5) is 14.9. The molecule has 5 heteroatoms. The predicted molar refractivity (Wildman–Crippen MR) is 74.4 cm³/mol. The van der Waals surface area contributed by atoms with E-state index in [2.05, 4.69) is 10.3 Å². The van der Waals surface area contributed by atoms with Gasteiger partial charge in [-0.25, -0.2) is 14.2 Å². The molecule has 0 bridgehead atoms. The maximum atomic E-state index is 13.5. The molecular formula is C15H15FN2O2. The van der Waals surface area contributed by atoms with Crippen LogP contribution in [0.4, 0.5) is 10.2 Å². The average molecular weight is 274 g/mol. The van der Waals surface area contributed by atoms with E-state index in [4.69, 9.17) is 5.11 Å². The van der Waals surface area contributed by atoms with Gasteiger partial charge in [0.1, 0.15) is 11.6 Å². The van der Waals surface area contributed by atoms with E-state index < -0.39 is 5.97 Å². The van der Waals surface area contributed by atoms with Crippen molar-refractivity contribution in [2.75, 3.05) is 5.32 Å². The summed E-state index contributed by atoms with van der Waals surface area (Å²) >= 11 is 0. The van der Waals surface area contributed by atoms with Gasteiger partial charge in [0.05, 0.1) is 11.6 Å². The normalized spacial score (nSPS) is 11.9. The first kappa shape index (κ1) is 14.0. The summed E-state index contributed by atoms with van der Waals surface area (Å²) in [6, 6.07) is 7.70. The minimum Gasteiger partial charge on any atom is -0.478 e. The molecule has 2 rings (SSSR count). The smallest absolute Gasteiger partial charge is 0.335 e. The van der Waals surface area contributed by atoms with Crippen molar-refractivity contribution in [1.82, 2.24) is 4.98 Å². The van der Waals surface area contributed by atoms with Crippen molar-refractivity contribution in [2.45, 2.75) is 19.9 Å². The molecule has 1 aromatic heterocycles. The molecule has 4 nitrogen and oxygen atoms in total. The van der Waals surface area contributed by atoms with Crippen molar-refractivity contribution in [1.29, 1.82) is 0 Å². The Morgan fingerprint density at radius 3 is 2.75 bits per heavy atom. The minimum absolute atomic E-state index is 0.157. The third-order valence-corrected chi connectivity index (χ3v) is 3.07. The van der Waals surface area contributed by atoms with Crippen molar-refractivity contribution >= 4 is 11.8 Å². The third-order valence-electron chi connectivity index (χ3n) is 3.07. The molecule has 1 unspecified atom stereocenters. The number of benzene rings is 1. The van der Waals surface area contributed by atoms with Crippen molar-refractivity contribution in [2.24, 2.45) is 0 Å². The van der Waals surface area contributed by atoms with Gasteiger partial charge in [-0.3, -0.25) is 0 Å². The van der Waals surface area contributed by atoms with Crippen LogP contribution in [0.15, 0.2) is 36.5 Å². The Morgan fingerprint density at radius 2 is 2.10 bits per heavy atom. The van der Waals surface area contributed by atoms with Gasteiger partial charge >= 0.3 is 5.97 Å². The van der Waals surface area contributed by atoms with E-state index in [0.717, 1.165) is 5.56 Å². The molecule has 0 saturated carbocycles. The number of nitrogens with zero attached hydrogens (tertiary/aromatic N) is 1. The quantitative estimate of drug-likeness (QED) is 0.897. The number of nitrogens with one attached hydrogen (secondary N) is 1. The van der Waals surface area contributed by atoms with E-state index in [1.807, 2.05) is 13.0 Å². The lowest BCUT2D eigenvalue weighted by atomic mass is 10.1. The van der Waals surface area contributed by atoms with Crippen LogP contribution in [0, 0.1) is 12.7 Å². The van der Waals surface area contributed by atoms with Crippen molar-refractivity contribution in [3.63, 3.8) is 0 Å². The lowest BCUT2D eigenvalue weighted by molar-refractivity contribution is 0.0697. The van der Waals surface area contributed by atoms with Crippen LogP contribution in [0.25, 0.3) is 0 Å². The standard InChI is InChI=1S/C15H15FN2O2/c1-9-3-4-11(7-13(9)16)10(2)18-14-8-12(15(19)20)5-6-17-14/h3-8,10H,1-2H3,(H,17,18)(H,19,20). The molecule has 0 amide bonds. The molecule has 2 aromatic rings. The Bertz CT molecular complexity index is 644. The molecule has 0 radical (unpaired) electrons. The second-order valence-corrected chi connectivity index (χ2v) is 4.61. The molecule has 0 spiro atoms. The number of carboxylic acid groups (broad SMARTS) is 1. The van der Waals surface area contributed by atoms with Crippen molar-refractivity contribution < 1.29 is 14.3 Å². The van der Waals surface area contributed by atoms with Crippen LogP contribution in [-0.2, 0) is 0 Å². The second-order valence-electron chi connectivity index (χ2n) is 4.61. The lowest BCUT2D eigenvalue weighted by Crippen LogP contribution is -2.09. The van der Waals surface area contributed by atoms with Gasteiger partial charge in [0, 0.05) is 6.20 Å². The molecule has 104 valence electrons. The van der Waals surface area contributed by atoms with E-state index in [1.165, 1.54) is 24.4 Å². The first-order valence-electron chi connectivity index (χ1n) is 6.19. The van der Waals surface area contributed by atoms with Gasteiger partial charge in [-0.05, 0) is 43.2 Å². The summed E-state index contributed by atoms with van der Waals surface area (Å²) in [6.45, 7) is 3.56. The molecule has 1 atom stereocenters. The van der Waals surface area contributed by atoms with Crippen LogP contribution >= 0.6 is 0 Å². The van der Waals surface area contributed by atoms with Gasteiger partial charge in [0.25, 0.3) is 0 Å². The molecule has 20 heavy (non-hydrogen) atoms. The molecule has 0 aliphatic rings. The fraction of sp³-hybridized carbons (Fsp3) is 0.200. The van der Waals surface area contributed by atoms with Gasteiger partial charge in [-0.2, -0.15) is 0 Å². The highest BCUT2D eigenvalue weighted by Gasteiger charge is 2.10. The molecular weight excluding hydrogens is 259 g/mol. The van der Waals surface area contributed by atoms with Crippen molar-refractivity contribution in [3.8, 4) is 0 Å². The summed E-state index contributed by atoms with van der Waals surface area (Å²) < 4.78 is 13.5. The Morgan fingerprint density at radius 1 is 1.35 bits per heavy atom. The number of aryl methyl sites for hydroxylation is 1. The number of hydrogen-bond acceptors (Lipinski definition) is 3. The van der Waals surface area contributed by atoms with E-state index in [0.29, 0.717) is 11.4 Å². The molecule has 2 N–H and O–H groups in total. The van der Waals surface area contributed by atoms with Crippen LogP contribution in [-0.4, -0.2) is 16.1 Å². The van der Waals surface area contributed by atoms with Crippen LogP contribution in [0.2, 0.25) is 0 Å². The Kier molecular flexibility index (Phi) is 3.98. The first-order chi connectivity index (χ1) is 9.47. The summed E-state index contributed by atoms with van der Waals surface area (Å²) in [7, 11) is 0. The summed E-state index contributed by atoms with van der Waals surface area (Å²) in [5, 5.41) is 12.0. The number of hydrogen-bond donors (Lipinski definition) is 2. The molecule has 0 saturated heterocycles. The number of rotatable bonds is 4. The highest BCUT2D eigenvalue weighted by molar-refractivity contribution is 5.88. The number of halogens is 1. The fourth-order valence-electron chi connectivity index (χ4n) is 1.83. The molecule has 0 aliphatic heterocycles. The minimum atomic E-state index is -1.01. The lowest BCUT2D eigenvalue weighted by Gasteiger charge is -2.15. The topological polar surface area (TPSA) is 62.2 Å². The van der Waals surface area contributed by atoms with Crippen LogP contribution < -0.4 is 5.32 Å². The molecule has 1 heterocycles. The zero-order valence-corrected chi connectivity index (χ0v) is 11.2. The summed E-state index contributed by atoms with van der Waals surface area (Å²) in [5.41, 5.74) is 1.52. The predicted octanol–water partition coefficient (Wildman–Crippen LogP) is 3.40. The second kappa shape index (κ2) is 5.69. The van der Waals surface area contributed by atoms with Gasteiger partial charge in [0.2, 0.25) is 0 Å². The fourth-order valence-corrected chi connectivity index (χ4v) is 1.83. The summed E-state index contributed by atoms with van der Waals surface area (Å²) in [6.07, 6.45) is 1.42. The van der Waals surface area contributed by atoms with Gasteiger partial charge in [-0.1, -0.05) is 12.1 Å². The molecule has 0 aliphatic carbocycles. The summed E-state index contributed by atoms with van der Waals surface area (Å²) in [5.74, 6) is -0.828. The zero-order valence-electron chi connectivity index (χ0n) is 11.2. The van der Waals surface area contributed by atoms with Crippen LogP contribution in [0.5, 0.6) is 0 Å².